The van der Waals surface area contributed by atoms with Crippen molar-refractivity contribution in [3.63, 3.8) is 0 Å². The molecule has 0 atom stereocenters. The molecule has 16 heteroatoms. The minimum Gasteiger partial charge on any atom is -0.370 e. The molecule has 0 amide bonds. The number of aromatic amines is 1. The number of nitrogens with one attached hydrogen (secondary N) is 3. The normalized spacial score (nSPS) is 14.1. The molecule has 1 aliphatic rings. The molecule has 15 nitrogen and oxygen atoms in total. The third-order valence-electron chi connectivity index (χ3n) is 10.4. The maximum Gasteiger partial charge on any atom is 0.354 e. The molecule has 7 rings (SSSR count). The number of hydrogen-bond acceptors (Lipinski definition) is 10. The van der Waals surface area contributed by atoms with Crippen LogP contribution in [-0.2, 0) is 33.9 Å². The maximum atomic E-state index is 13.7. The Morgan fingerprint density at radius 3 is 2.25 bits per heavy atom. The molecule has 314 valence electrons. The summed E-state index contributed by atoms with van der Waals surface area (Å²) in [7, 11) is -3.65. The summed E-state index contributed by atoms with van der Waals surface area (Å²) in [5.74, 6) is 0.123. The Balaban J connectivity index is 0.000000199. The van der Waals surface area contributed by atoms with Crippen molar-refractivity contribution in [1.29, 1.82) is 0 Å². The predicted molar refractivity (Wildman–Crippen MR) is 233 cm³/mol. The van der Waals surface area contributed by atoms with Crippen LogP contribution in [0, 0.1) is 0 Å². The number of nitrogens with zero attached hydrogens (tertiary/aromatic N) is 6. The van der Waals surface area contributed by atoms with Gasteiger partial charge in [0.1, 0.15) is 16.7 Å². The first kappa shape index (κ1) is 43.2. The Morgan fingerprint density at radius 1 is 0.915 bits per heavy atom. The Bertz CT molecular complexity index is 2520. The second kappa shape index (κ2) is 18.2. The SMILES string of the molecule is CC(C)(C)c1cc2cn(-c3ccc(CNCCCN=C(N)N)cc3)c(=O)nc2[nH]1.CC(C)(C)c1ccc(S(=O)(=O)N(Cc2ccc3nonc3c2)C2CCNCC2)cc1. The monoisotopic (exact) mass is 823 g/mol. The summed E-state index contributed by atoms with van der Waals surface area (Å²) < 4.78 is 35.3. The average molecular weight is 824 g/mol. The lowest BCUT2D eigenvalue weighted by Gasteiger charge is -2.34. The molecule has 3 aromatic carbocycles. The molecule has 7 N–H and O–H groups in total. The molecular weight excluding hydrogens is 767 g/mol. The van der Waals surface area contributed by atoms with E-state index >= 15 is 0 Å². The zero-order chi connectivity index (χ0) is 42.4. The highest BCUT2D eigenvalue weighted by Crippen LogP contribution is 2.29. The smallest absolute Gasteiger partial charge is 0.354 e. The minimum atomic E-state index is -3.65. The molecule has 0 saturated carbocycles. The molecule has 0 aliphatic carbocycles. The number of aliphatic imine (C=N–C) groups is 1. The zero-order valence-electron chi connectivity index (χ0n) is 34.8. The van der Waals surface area contributed by atoms with Crippen LogP contribution in [0.4, 0.5) is 0 Å². The van der Waals surface area contributed by atoms with Crippen molar-refractivity contribution in [2.45, 2.75) is 95.7 Å². The number of aromatic nitrogens is 5. The lowest BCUT2D eigenvalue weighted by molar-refractivity contribution is 0.256. The van der Waals surface area contributed by atoms with Gasteiger partial charge in [-0.1, -0.05) is 71.9 Å². The molecule has 0 radical (unpaired) electrons. The van der Waals surface area contributed by atoms with Gasteiger partial charge < -0.3 is 27.1 Å². The van der Waals surface area contributed by atoms with Crippen molar-refractivity contribution < 1.29 is 13.0 Å². The van der Waals surface area contributed by atoms with Crippen molar-refractivity contribution in [1.82, 2.24) is 39.8 Å². The Kier molecular flexibility index (Phi) is 13.3. The van der Waals surface area contributed by atoms with E-state index in [4.69, 9.17) is 16.1 Å². The molecule has 59 heavy (non-hydrogen) atoms. The molecule has 1 saturated heterocycles. The second-order valence-corrected chi connectivity index (χ2v) is 18.9. The fraction of sp³-hybridized carbons (Fsp3) is 0.419. The molecule has 0 unspecified atom stereocenters. The van der Waals surface area contributed by atoms with Crippen LogP contribution in [0.25, 0.3) is 27.8 Å². The molecule has 0 bridgehead atoms. The molecule has 1 fully saturated rings. The van der Waals surface area contributed by atoms with Crippen LogP contribution in [0.15, 0.2) is 98.3 Å². The lowest BCUT2D eigenvalue weighted by Crippen LogP contribution is -2.45. The van der Waals surface area contributed by atoms with Crippen LogP contribution in [0.5, 0.6) is 0 Å². The van der Waals surface area contributed by atoms with E-state index in [1.807, 2.05) is 60.8 Å². The van der Waals surface area contributed by atoms with Crippen LogP contribution in [0.2, 0.25) is 0 Å². The largest absolute Gasteiger partial charge is 0.370 e. The van der Waals surface area contributed by atoms with E-state index in [1.165, 1.54) is 0 Å². The van der Waals surface area contributed by atoms with Crippen LogP contribution in [-0.4, -0.2) is 75.8 Å². The third-order valence-corrected chi connectivity index (χ3v) is 12.3. The van der Waals surface area contributed by atoms with E-state index in [2.05, 4.69) is 83.5 Å². The highest BCUT2D eigenvalue weighted by molar-refractivity contribution is 7.89. The number of hydrogen-bond donors (Lipinski definition) is 5. The van der Waals surface area contributed by atoms with Crippen LogP contribution < -0.4 is 27.8 Å². The fourth-order valence-electron chi connectivity index (χ4n) is 6.88. The van der Waals surface area contributed by atoms with Gasteiger partial charge in [-0.25, -0.2) is 17.8 Å². The van der Waals surface area contributed by atoms with E-state index in [0.717, 1.165) is 78.9 Å². The molecular formula is C43H57N11O4S. The average Bonchev–Trinajstić information content (AvgIpc) is 3.85. The van der Waals surface area contributed by atoms with Gasteiger partial charge in [0.2, 0.25) is 10.0 Å². The van der Waals surface area contributed by atoms with Crippen molar-refractivity contribution in [3.8, 4) is 5.69 Å². The molecule has 6 aromatic rings. The third kappa shape index (κ3) is 11.0. The van der Waals surface area contributed by atoms with E-state index < -0.39 is 10.0 Å². The van der Waals surface area contributed by atoms with Crippen molar-refractivity contribution in [2.24, 2.45) is 16.5 Å². The lowest BCUT2D eigenvalue weighted by atomic mass is 9.87. The summed E-state index contributed by atoms with van der Waals surface area (Å²) in [6.45, 7) is 16.8. The van der Waals surface area contributed by atoms with Gasteiger partial charge in [0.15, 0.2) is 5.96 Å². The van der Waals surface area contributed by atoms with Gasteiger partial charge in [-0.2, -0.15) is 9.29 Å². The Labute approximate surface area is 345 Å². The van der Waals surface area contributed by atoms with E-state index in [1.54, 1.807) is 21.0 Å². The Hall–Kier alpha value is -5.42. The van der Waals surface area contributed by atoms with Gasteiger partial charge in [0.05, 0.1) is 10.6 Å². The Morgan fingerprint density at radius 2 is 1.59 bits per heavy atom. The highest BCUT2D eigenvalue weighted by atomic mass is 32.2. The number of fused-ring (bicyclic) bond motifs is 2. The summed E-state index contributed by atoms with van der Waals surface area (Å²) in [4.78, 5) is 24.2. The number of nitrogens with two attached hydrogens (primary N) is 2. The van der Waals surface area contributed by atoms with Crippen molar-refractivity contribution in [2.75, 3.05) is 26.2 Å². The number of H-pyrrole nitrogens is 1. The molecule has 0 spiro atoms. The number of benzene rings is 3. The van der Waals surface area contributed by atoms with Gasteiger partial charge in [0.25, 0.3) is 0 Å². The number of guanidine groups is 1. The topological polar surface area (TPSA) is 215 Å². The van der Waals surface area contributed by atoms with Crippen LogP contribution >= 0.6 is 0 Å². The predicted octanol–water partition coefficient (Wildman–Crippen LogP) is 5.23. The maximum absolute atomic E-state index is 13.7. The summed E-state index contributed by atoms with van der Waals surface area (Å²) in [5.41, 5.74) is 17.1. The van der Waals surface area contributed by atoms with E-state index in [9.17, 15) is 13.2 Å². The zero-order valence-corrected chi connectivity index (χ0v) is 35.6. The minimum absolute atomic E-state index is 0.0297. The standard InChI is InChI=1S/C22H28N4O3S.C21H29N7O/c1-22(2,3)17-5-7-19(8-6-17)30(27,28)26(18-10-12-23-13-11-18)15-16-4-9-20-21(14-16)25-29-24-20;1-21(2,3)17-11-15-13-28(20(29)27-18(15)26-17)16-7-5-14(6-8-16)12-24-9-4-10-25-19(22)23/h4-9,14,18,23H,10-13,15H2,1-3H3;5-8,11,13,24H,4,9-10,12H2,1-3H3,(H4,22,23,25)(H,26,27,29). The van der Waals surface area contributed by atoms with Gasteiger partial charge >= 0.3 is 5.69 Å². The van der Waals surface area contributed by atoms with E-state index in [0.29, 0.717) is 28.1 Å². The van der Waals surface area contributed by atoms with Gasteiger partial charge in [-0.05, 0) is 114 Å². The second-order valence-electron chi connectivity index (χ2n) is 17.0. The van der Waals surface area contributed by atoms with E-state index in [-0.39, 0.29) is 35.1 Å². The number of sulfonamides is 1. The van der Waals surface area contributed by atoms with Crippen LogP contribution in [0.1, 0.15) is 83.2 Å². The molecule has 3 aromatic heterocycles. The van der Waals surface area contributed by atoms with Gasteiger partial charge in [-0.15, -0.1) is 0 Å². The summed E-state index contributed by atoms with van der Waals surface area (Å²) >= 11 is 0. The first-order valence-electron chi connectivity index (χ1n) is 20.0. The van der Waals surface area contributed by atoms with Gasteiger partial charge in [-0.3, -0.25) is 9.56 Å². The van der Waals surface area contributed by atoms with Crippen LogP contribution in [0.3, 0.4) is 0 Å². The summed E-state index contributed by atoms with van der Waals surface area (Å²) in [6.07, 6.45) is 4.28. The number of piperidine rings is 1. The molecule has 4 heterocycles. The first-order chi connectivity index (χ1) is 28.0. The highest BCUT2D eigenvalue weighted by Gasteiger charge is 2.33. The quantitative estimate of drug-likeness (QED) is 0.0612. The molecule has 1 aliphatic heterocycles. The summed E-state index contributed by atoms with van der Waals surface area (Å²) in [5, 5.41) is 15.3. The fourth-order valence-corrected chi connectivity index (χ4v) is 8.55. The van der Waals surface area contributed by atoms with Crippen molar-refractivity contribution >= 4 is 38.0 Å². The first-order valence-corrected chi connectivity index (χ1v) is 21.5. The summed E-state index contributed by atoms with van der Waals surface area (Å²) in [6, 6.07) is 22.7. The number of rotatable bonds is 12. The van der Waals surface area contributed by atoms with Gasteiger partial charge in [0, 0.05) is 48.4 Å². The van der Waals surface area contributed by atoms with Crippen molar-refractivity contribution in [3.05, 3.63) is 112 Å².